The van der Waals surface area contributed by atoms with E-state index in [4.69, 9.17) is 14.2 Å². The Morgan fingerprint density at radius 2 is 1.83 bits per heavy atom. The number of cyclic esters (lactones) is 1. The smallest absolute Gasteiger partial charge is 0.416 e. The van der Waals surface area contributed by atoms with Gasteiger partial charge < -0.3 is 19.5 Å². The monoisotopic (exact) mass is 421 g/mol. The molecule has 4 rings (SSSR count). The van der Waals surface area contributed by atoms with Gasteiger partial charge in [-0.05, 0) is 35.4 Å². The van der Waals surface area contributed by atoms with Gasteiger partial charge in [-0.2, -0.15) is 13.2 Å². The highest BCUT2D eigenvalue weighted by Crippen LogP contribution is 2.40. The number of halogens is 3. The summed E-state index contributed by atoms with van der Waals surface area (Å²) in [6.07, 6.45) is -5.39. The second-order valence-electron chi connectivity index (χ2n) is 7.04. The zero-order valence-electron chi connectivity index (χ0n) is 15.7. The van der Waals surface area contributed by atoms with Gasteiger partial charge in [0.2, 0.25) is 5.91 Å². The maximum atomic E-state index is 12.9. The summed E-state index contributed by atoms with van der Waals surface area (Å²) in [5, 5.41) is 2.61. The molecule has 0 unspecified atom stereocenters. The SMILES string of the molecule is O=C1C[C@H](C(=O)NCc2cccc(C(F)(F)F)c2)[C@H](c2ccc3c(c2)OCCO3)O1. The Bertz CT molecular complexity index is 975. The Balaban J connectivity index is 1.47. The number of benzene rings is 2. The quantitative estimate of drug-likeness (QED) is 0.767. The molecule has 2 aliphatic heterocycles. The van der Waals surface area contributed by atoms with Crippen LogP contribution in [0.1, 0.15) is 29.2 Å². The van der Waals surface area contributed by atoms with Gasteiger partial charge in [-0.1, -0.05) is 18.2 Å². The van der Waals surface area contributed by atoms with E-state index in [2.05, 4.69) is 5.32 Å². The number of rotatable bonds is 4. The molecule has 0 aliphatic carbocycles. The highest BCUT2D eigenvalue weighted by Gasteiger charge is 2.41. The molecule has 2 heterocycles. The second-order valence-corrected chi connectivity index (χ2v) is 7.04. The summed E-state index contributed by atoms with van der Waals surface area (Å²) in [6.45, 7) is 0.731. The number of hydrogen-bond acceptors (Lipinski definition) is 5. The molecule has 0 radical (unpaired) electrons. The normalized spacial score (nSPS) is 20.6. The summed E-state index contributed by atoms with van der Waals surface area (Å²) >= 11 is 0. The number of nitrogens with one attached hydrogen (secondary N) is 1. The molecule has 1 saturated heterocycles. The summed E-state index contributed by atoms with van der Waals surface area (Å²) in [5.74, 6) is -0.720. The molecule has 30 heavy (non-hydrogen) atoms. The third-order valence-corrected chi connectivity index (χ3v) is 4.96. The van der Waals surface area contributed by atoms with Crippen LogP contribution in [0, 0.1) is 5.92 Å². The number of ether oxygens (including phenoxy) is 3. The van der Waals surface area contributed by atoms with Gasteiger partial charge in [0.15, 0.2) is 11.5 Å². The van der Waals surface area contributed by atoms with Crippen molar-refractivity contribution in [2.24, 2.45) is 5.92 Å². The van der Waals surface area contributed by atoms with Crippen molar-refractivity contribution in [2.75, 3.05) is 13.2 Å². The van der Waals surface area contributed by atoms with Crippen LogP contribution < -0.4 is 14.8 Å². The van der Waals surface area contributed by atoms with Crippen molar-refractivity contribution < 1.29 is 37.0 Å². The van der Waals surface area contributed by atoms with E-state index in [1.54, 1.807) is 18.2 Å². The van der Waals surface area contributed by atoms with E-state index in [1.165, 1.54) is 12.1 Å². The summed E-state index contributed by atoms with van der Waals surface area (Å²) in [6, 6.07) is 9.78. The largest absolute Gasteiger partial charge is 0.486 e. The molecule has 1 amide bonds. The first-order chi connectivity index (χ1) is 14.3. The van der Waals surface area contributed by atoms with Crippen LogP contribution in [0.4, 0.5) is 13.2 Å². The number of carbonyl (C=O) groups is 2. The molecule has 1 N–H and O–H groups in total. The molecule has 0 spiro atoms. The number of esters is 1. The number of fused-ring (bicyclic) bond motifs is 1. The maximum Gasteiger partial charge on any atom is 0.416 e. The first kappa shape index (κ1) is 20.1. The van der Waals surface area contributed by atoms with Crippen molar-refractivity contribution in [1.29, 1.82) is 0 Å². The van der Waals surface area contributed by atoms with E-state index in [0.717, 1.165) is 12.1 Å². The fourth-order valence-corrected chi connectivity index (χ4v) is 3.50. The van der Waals surface area contributed by atoms with Crippen molar-refractivity contribution in [2.45, 2.75) is 25.2 Å². The molecular weight excluding hydrogens is 403 g/mol. The van der Waals surface area contributed by atoms with Gasteiger partial charge in [0.05, 0.1) is 17.9 Å². The van der Waals surface area contributed by atoms with Gasteiger partial charge in [0.1, 0.15) is 19.3 Å². The van der Waals surface area contributed by atoms with Crippen LogP contribution >= 0.6 is 0 Å². The topological polar surface area (TPSA) is 73.9 Å². The number of alkyl halides is 3. The molecule has 0 saturated carbocycles. The van der Waals surface area contributed by atoms with E-state index < -0.39 is 35.6 Å². The molecule has 6 nitrogen and oxygen atoms in total. The Morgan fingerprint density at radius 1 is 1.07 bits per heavy atom. The average molecular weight is 421 g/mol. The Kier molecular flexibility index (Phi) is 5.27. The van der Waals surface area contributed by atoms with E-state index in [9.17, 15) is 22.8 Å². The van der Waals surface area contributed by atoms with Gasteiger partial charge >= 0.3 is 12.1 Å². The first-order valence-electron chi connectivity index (χ1n) is 9.34. The minimum absolute atomic E-state index is 0.0959. The molecule has 9 heteroatoms. The highest BCUT2D eigenvalue weighted by atomic mass is 19.4. The summed E-state index contributed by atoms with van der Waals surface area (Å²) < 4.78 is 54.9. The van der Waals surface area contributed by atoms with Gasteiger partial charge in [-0.3, -0.25) is 9.59 Å². The van der Waals surface area contributed by atoms with Crippen LogP contribution in [0.25, 0.3) is 0 Å². The van der Waals surface area contributed by atoms with E-state index in [0.29, 0.717) is 35.8 Å². The highest BCUT2D eigenvalue weighted by molar-refractivity contribution is 5.87. The average Bonchev–Trinajstić information content (AvgIpc) is 3.13. The zero-order chi connectivity index (χ0) is 21.3. The molecular formula is C21H18F3NO5. The minimum Gasteiger partial charge on any atom is -0.486 e. The lowest BCUT2D eigenvalue weighted by Crippen LogP contribution is -2.32. The molecule has 2 aliphatic rings. The molecule has 1 fully saturated rings. The van der Waals surface area contributed by atoms with E-state index in [-0.39, 0.29) is 13.0 Å². The molecule has 0 bridgehead atoms. The summed E-state index contributed by atoms with van der Waals surface area (Å²) in [4.78, 5) is 24.6. The van der Waals surface area contributed by atoms with Crippen molar-refractivity contribution in [3.05, 3.63) is 59.2 Å². The van der Waals surface area contributed by atoms with Crippen LogP contribution in [0.15, 0.2) is 42.5 Å². The van der Waals surface area contributed by atoms with Crippen molar-refractivity contribution in [1.82, 2.24) is 5.32 Å². The molecule has 0 aromatic heterocycles. The van der Waals surface area contributed by atoms with Crippen LogP contribution in [0.2, 0.25) is 0 Å². The van der Waals surface area contributed by atoms with Crippen LogP contribution in [0.5, 0.6) is 11.5 Å². The van der Waals surface area contributed by atoms with Crippen LogP contribution in [-0.4, -0.2) is 25.1 Å². The minimum atomic E-state index is -4.46. The number of hydrogen-bond donors (Lipinski definition) is 1. The van der Waals surface area contributed by atoms with Crippen molar-refractivity contribution >= 4 is 11.9 Å². The second kappa shape index (κ2) is 7.89. The fourth-order valence-electron chi connectivity index (χ4n) is 3.50. The molecule has 2 atom stereocenters. The van der Waals surface area contributed by atoms with Crippen LogP contribution in [-0.2, 0) is 27.0 Å². The van der Waals surface area contributed by atoms with Gasteiger partial charge in [0.25, 0.3) is 0 Å². The van der Waals surface area contributed by atoms with Gasteiger partial charge in [-0.25, -0.2) is 0 Å². The lowest BCUT2D eigenvalue weighted by atomic mass is 9.94. The standard InChI is InChI=1S/C21H18F3NO5/c22-21(23,24)14-3-1-2-12(8-14)11-25-20(27)15-10-18(26)30-19(15)13-4-5-16-17(9-13)29-7-6-28-16/h1-5,8-9,15,19H,6-7,10-11H2,(H,25,27)/t15-,19-/m0/s1. The third kappa shape index (κ3) is 4.19. The zero-order valence-corrected chi connectivity index (χ0v) is 15.7. The van der Waals surface area contributed by atoms with Gasteiger partial charge in [-0.15, -0.1) is 0 Å². The van der Waals surface area contributed by atoms with E-state index in [1.807, 2.05) is 0 Å². The lowest BCUT2D eigenvalue weighted by molar-refractivity contribution is -0.142. The Labute approximate surface area is 169 Å². The van der Waals surface area contributed by atoms with Crippen molar-refractivity contribution in [3.8, 4) is 11.5 Å². The predicted octanol–water partition coefficient (Wildman–Crippen LogP) is 3.40. The van der Waals surface area contributed by atoms with Crippen LogP contribution in [0.3, 0.4) is 0 Å². The molecule has 2 aromatic carbocycles. The van der Waals surface area contributed by atoms with Gasteiger partial charge in [0, 0.05) is 6.54 Å². The van der Waals surface area contributed by atoms with E-state index >= 15 is 0 Å². The predicted molar refractivity (Wildman–Crippen MR) is 97.7 cm³/mol. The maximum absolute atomic E-state index is 12.9. The Hall–Kier alpha value is -3.23. The number of amides is 1. The fraction of sp³-hybridized carbons (Fsp3) is 0.333. The Morgan fingerprint density at radius 3 is 2.60 bits per heavy atom. The molecule has 158 valence electrons. The third-order valence-electron chi connectivity index (χ3n) is 4.96. The molecule has 2 aromatic rings. The lowest BCUT2D eigenvalue weighted by Gasteiger charge is -2.22. The van der Waals surface area contributed by atoms with Crippen molar-refractivity contribution in [3.63, 3.8) is 0 Å². The first-order valence-corrected chi connectivity index (χ1v) is 9.34. The summed E-state index contributed by atoms with van der Waals surface area (Å²) in [5.41, 5.74) is 0.103. The summed E-state index contributed by atoms with van der Waals surface area (Å²) in [7, 11) is 0. The number of carbonyl (C=O) groups excluding carboxylic acids is 2.